The van der Waals surface area contributed by atoms with Crippen LogP contribution in [0.15, 0.2) is 17.0 Å². The highest BCUT2D eigenvalue weighted by Crippen LogP contribution is 2.37. The van der Waals surface area contributed by atoms with Crippen LogP contribution < -0.4 is 5.32 Å². The molecule has 0 radical (unpaired) electrons. The van der Waals surface area contributed by atoms with Crippen LogP contribution in [0.1, 0.15) is 36.1 Å². The lowest BCUT2D eigenvalue weighted by molar-refractivity contribution is 0.562. The van der Waals surface area contributed by atoms with Gasteiger partial charge in [-0.15, -0.1) is 0 Å². The van der Waals surface area contributed by atoms with E-state index in [1.807, 2.05) is 26.0 Å². The fourth-order valence-electron chi connectivity index (χ4n) is 2.52. The molecule has 3 nitrogen and oxygen atoms in total. The summed E-state index contributed by atoms with van der Waals surface area (Å²) in [7, 11) is -3.10. The van der Waals surface area contributed by atoms with Crippen LogP contribution in [0.5, 0.6) is 0 Å². The lowest BCUT2D eigenvalue weighted by atomic mass is 10.00. The molecule has 1 unspecified atom stereocenters. The van der Waals surface area contributed by atoms with Gasteiger partial charge in [0.25, 0.3) is 0 Å². The Balaban J connectivity index is 2.53. The number of benzene rings is 1. The Hall–Kier alpha value is -0.870. The second-order valence-electron chi connectivity index (χ2n) is 4.73. The van der Waals surface area contributed by atoms with E-state index in [0.717, 1.165) is 29.7 Å². The monoisotopic (exact) mass is 253 g/mol. The van der Waals surface area contributed by atoms with Crippen LogP contribution in [0.25, 0.3) is 0 Å². The summed E-state index contributed by atoms with van der Waals surface area (Å²) >= 11 is 0. The number of hydrogen-bond donors (Lipinski definition) is 1. The molecule has 1 aromatic rings. The Morgan fingerprint density at radius 1 is 1.29 bits per heavy atom. The van der Waals surface area contributed by atoms with Crippen LogP contribution in [0.2, 0.25) is 0 Å². The molecule has 1 aliphatic heterocycles. The van der Waals surface area contributed by atoms with Crippen molar-refractivity contribution >= 4 is 9.84 Å². The molecule has 17 heavy (non-hydrogen) atoms. The molecule has 4 heteroatoms. The molecule has 0 saturated heterocycles. The van der Waals surface area contributed by atoms with Crippen molar-refractivity contribution in [1.29, 1.82) is 0 Å². The molecule has 0 fully saturated rings. The van der Waals surface area contributed by atoms with Crippen LogP contribution in [-0.2, 0) is 9.84 Å². The summed E-state index contributed by atoms with van der Waals surface area (Å²) in [6.45, 7) is 6.80. The van der Waals surface area contributed by atoms with E-state index in [9.17, 15) is 8.42 Å². The molecule has 1 aliphatic rings. The van der Waals surface area contributed by atoms with E-state index in [-0.39, 0.29) is 11.8 Å². The van der Waals surface area contributed by atoms with Gasteiger partial charge >= 0.3 is 0 Å². The minimum atomic E-state index is -3.10. The molecule has 0 aliphatic carbocycles. The first-order valence-corrected chi connectivity index (χ1v) is 7.69. The quantitative estimate of drug-likeness (QED) is 0.897. The highest BCUT2D eigenvalue weighted by Gasteiger charge is 2.36. The van der Waals surface area contributed by atoms with Gasteiger partial charge in [0.05, 0.1) is 10.6 Å². The van der Waals surface area contributed by atoms with Crippen LogP contribution in [0.3, 0.4) is 0 Å². The maximum Gasteiger partial charge on any atom is 0.180 e. The van der Waals surface area contributed by atoms with Gasteiger partial charge in [-0.25, -0.2) is 8.42 Å². The normalized spacial score (nSPS) is 21.5. The molecule has 0 bridgehead atoms. The Kier molecular flexibility index (Phi) is 3.27. The molecule has 1 N–H and O–H groups in total. The summed E-state index contributed by atoms with van der Waals surface area (Å²) in [6.07, 6.45) is 1.01. The zero-order valence-corrected chi connectivity index (χ0v) is 11.4. The average Bonchev–Trinajstić information content (AvgIpc) is 2.54. The number of hydrogen-bond acceptors (Lipinski definition) is 3. The zero-order valence-electron chi connectivity index (χ0n) is 10.6. The third kappa shape index (κ3) is 2.11. The maximum absolute atomic E-state index is 12.2. The van der Waals surface area contributed by atoms with Crippen LogP contribution in [0, 0.1) is 13.8 Å². The largest absolute Gasteiger partial charge is 0.309 e. The first kappa shape index (κ1) is 12.6. The van der Waals surface area contributed by atoms with Crippen molar-refractivity contribution in [3.05, 3.63) is 28.8 Å². The fourth-order valence-corrected chi connectivity index (χ4v) is 4.61. The van der Waals surface area contributed by atoms with Crippen LogP contribution >= 0.6 is 0 Å². The topological polar surface area (TPSA) is 46.2 Å². The predicted octanol–water partition coefficient (Wildman–Crippen LogP) is 2.13. The molecular formula is C13H19NO2S. The molecular weight excluding hydrogens is 234 g/mol. The van der Waals surface area contributed by atoms with Gasteiger partial charge in [-0.05, 0) is 43.5 Å². The maximum atomic E-state index is 12.2. The van der Waals surface area contributed by atoms with Crippen molar-refractivity contribution in [3.8, 4) is 0 Å². The van der Waals surface area contributed by atoms with Gasteiger partial charge in [-0.3, -0.25) is 0 Å². The third-order valence-corrected chi connectivity index (χ3v) is 5.23. The van der Waals surface area contributed by atoms with Gasteiger partial charge in [0, 0.05) is 6.04 Å². The van der Waals surface area contributed by atoms with Crippen molar-refractivity contribution in [1.82, 2.24) is 5.32 Å². The lowest BCUT2D eigenvalue weighted by Gasteiger charge is -2.14. The molecule has 0 amide bonds. The number of aryl methyl sites for hydroxylation is 2. The molecule has 1 atom stereocenters. The summed E-state index contributed by atoms with van der Waals surface area (Å²) < 4.78 is 24.3. The van der Waals surface area contributed by atoms with Gasteiger partial charge in [-0.2, -0.15) is 0 Å². The first-order chi connectivity index (χ1) is 7.97. The molecule has 0 spiro atoms. The molecule has 0 saturated carbocycles. The summed E-state index contributed by atoms with van der Waals surface area (Å²) in [5, 5.41) is 3.33. The highest BCUT2D eigenvalue weighted by molar-refractivity contribution is 7.91. The number of rotatable bonds is 3. The summed E-state index contributed by atoms with van der Waals surface area (Å²) in [5.74, 6) is 0.202. The second kappa shape index (κ2) is 4.42. The van der Waals surface area contributed by atoms with Crippen LogP contribution in [-0.4, -0.2) is 20.7 Å². The average molecular weight is 253 g/mol. The van der Waals surface area contributed by atoms with Crippen molar-refractivity contribution in [2.45, 2.75) is 38.1 Å². The smallest absolute Gasteiger partial charge is 0.180 e. The minimum Gasteiger partial charge on any atom is -0.309 e. The Labute approximate surface area is 103 Å². The van der Waals surface area contributed by atoms with Crippen molar-refractivity contribution < 1.29 is 8.42 Å². The van der Waals surface area contributed by atoms with Crippen molar-refractivity contribution in [2.75, 3.05) is 12.3 Å². The number of fused-ring (bicyclic) bond motifs is 1. The number of nitrogens with one attached hydrogen (secondary N) is 1. The fraction of sp³-hybridized carbons (Fsp3) is 0.538. The summed E-state index contributed by atoms with van der Waals surface area (Å²) in [6, 6.07) is 3.87. The van der Waals surface area contributed by atoms with Gasteiger partial charge in [-0.1, -0.05) is 19.1 Å². The van der Waals surface area contributed by atoms with E-state index in [1.54, 1.807) is 0 Å². The molecule has 1 aromatic carbocycles. The summed E-state index contributed by atoms with van der Waals surface area (Å²) in [5.41, 5.74) is 2.92. The minimum absolute atomic E-state index is 0.0325. The molecule has 2 rings (SSSR count). The third-order valence-electron chi connectivity index (χ3n) is 3.30. The standard InChI is InChI=1S/C13H19NO2S/c1-4-7-14-11-8-17(15,16)13-10(3)6-5-9(2)12(11)13/h5-6,11,14H,4,7-8H2,1-3H3. The summed E-state index contributed by atoms with van der Waals surface area (Å²) in [4.78, 5) is 0.561. The molecule has 1 heterocycles. The van der Waals surface area contributed by atoms with E-state index >= 15 is 0 Å². The molecule has 0 aromatic heterocycles. The van der Waals surface area contributed by atoms with Crippen molar-refractivity contribution in [2.24, 2.45) is 0 Å². The van der Waals surface area contributed by atoms with E-state index in [2.05, 4.69) is 12.2 Å². The van der Waals surface area contributed by atoms with E-state index in [0.29, 0.717) is 4.90 Å². The Morgan fingerprint density at radius 3 is 2.59 bits per heavy atom. The van der Waals surface area contributed by atoms with Crippen molar-refractivity contribution in [3.63, 3.8) is 0 Å². The SMILES string of the molecule is CCCNC1CS(=O)(=O)c2c(C)ccc(C)c21. The van der Waals surface area contributed by atoms with Gasteiger partial charge in [0.15, 0.2) is 9.84 Å². The van der Waals surface area contributed by atoms with E-state index < -0.39 is 9.84 Å². The Morgan fingerprint density at radius 2 is 1.94 bits per heavy atom. The first-order valence-electron chi connectivity index (χ1n) is 6.03. The van der Waals surface area contributed by atoms with Gasteiger partial charge in [0.2, 0.25) is 0 Å². The van der Waals surface area contributed by atoms with E-state index in [1.165, 1.54) is 0 Å². The Bertz CT molecular complexity index is 535. The van der Waals surface area contributed by atoms with Gasteiger partial charge < -0.3 is 5.32 Å². The predicted molar refractivity (Wildman–Crippen MR) is 69.0 cm³/mol. The lowest BCUT2D eigenvalue weighted by Crippen LogP contribution is -2.23. The van der Waals surface area contributed by atoms with E-state index in [4.69, 9.17) is 0 Å². The van der Waals surface area contributed by atoms with Gasteiger partial charge in [0.1, 0.15) is 0 Å². The van der Waals surface area contributed by atoms with Crippen LogP contribution in [0.4, 0.5) is 0 Å². The number of sulfone groups is 1. The molecule has 94 valence electrons. The zero-order chi connectivity index (χ0) is 12.6. The highest BCUT2D eigenvalue weighted by atomic mass is 32.2. The second-order valence-corrected chi connectivity index (χ2v) is 6.70.